The summed E-state index contributed by atoms with van der Waals surface area (Å²) < 4.78 is 0. The Labute approximate surface area is 109 Å². The van der Waals surface area contributed by atoms with E-state index in [4.69, 9.17) is 0 Å². The molecule has 1 radical (unpaired) electrons. The van der Waals surface area contributed by atoms with E-state index in [1.54, 1.807) is 0 Å². The summed E-state index contributed by atoms with van der Waals surface area (Å²) in [6.07, 6.45) is 9.19. The summed E-state index contributed by atoms with van der Waals surface area (Å²) in [6.45, 7) is 12.2. The predicted octanol–water partition coefficient (Wildman–Crippen LogP) is 3.24. The van der Waals surface area contributed by atoms with Gasteiger partial charge in [-0.05, 0) is 38.9 Å². The second-order valence-electron chi connectivity index (χ2n) is 4.11. The van der Waals surface area contributed by atoms with Crippen LogP contribution in [0.4, 0.5) is 0 Å². The number of unbranched alkanes of at least 4 members (excludes halogenated alkanes) is 4. The molecular weight excluding hydrogens is 177 g/mol. The Balaban J connectivity index is 0. The van der Waals surface area contributed by atoms with E-state index >= 15 is 0 Å². The van der Waals surface area contributed by atoms with E-state index < -0.39 is 0 Å². The zero-order valence-electron chi connectivity index (χ0n) is 10.2. The fourth-order valence-corrected chi connectivity index (χ4v) is 1.73. The Morgan fingerprint density at radius 2 is 1.27 bits per heavy atom. The maximum absolute atomic E-state index is 3.94. The van der Waals surface area contributed by atoms with Crippen LogP contribution < -0.4 is 0 Å². The van der Waals surface area contributed by atoms with Crippen molar-refractivity contribution >= 4 is 18.9 Å². The molecule has 0 atom stereocenters. The molecule has 1 nitrogen and oxygen atoms in total. The van der Waals surface area contributed by atoms with E-state index in [2.05, 4.69) is 25.7 Å². The van der Waals surface area contributed by atoms with Gasteiger partial charge in [-0.3, -0.25) is 0 Å². The maximum atomic E-state index is 3.94. The van der Waals surface area contributed by atoms with Gasteiger partial charge < -0.3 is 4.90 Å². The van der Waals surface area contributed by atoms with Gasteiger partial charge in [0.05, 0.1) is 0 Å². The number of hydrogen-bond donors (Lipinski definition) is 0. The monoisotopic (exact) mass is 206 g/mol. The Kier molecular flexibility index (Phi) is 17.4. The van der Waals surface area contributed by atoms with Crippen LogP contribution in [0, 0.1) is 6.92 Å². The van der Waals surface area contributed by atoms with Crippen LogP contribution in [-0.2, 0) is 0 Å². The van der Waals surface area contributed by atoms with Gasteiger partial charge in [0.15, 0.2) is 0 Å². The van der Waals surface area contributed by atoms with Gasteiger partial charge in [0.1, 0.15) is 0 Å². The second-order valence-corrected chi connectivity index (χ2v) is 4.11. The Morgan fingerprint density at radius 3 is 1.60 bits per heavy atom. The van der Waals surface area contributed by atoms with Crippen molar-refractivity contribution in [1.29, 1.82) is 0 Å². The van der Waals surface area contributed by atoms with Gasteiger partial charge in [0, 0.05) is 0 Å². The summed E-state index contributed by atoms with van der Waals surface area (Å²) in [4.78, 5) is 2.58. The van der Waals surface area contributed by atoms with E-state index in [1.807, 2.05) is 0 Å². The van der Waals surface area contributed by atoms with Gasteiger partial charge in [-0.15, -0.1) is 0 Å². The van der Waals surface area contributed by atoms with E-state index in [-0.39, 0.29) is 18.9 Å². The van der Waals surface area contributed by atoms with Crippen LogP contribution in [-0.4, -0.2) is 43.4 Å². The second kappa shape index (κ2) is 14.6. The number of nitrogens with zero attached hydrogens (tertiary/aromatic N) is 1. The quantitative estimate of drug-likeness (QED) is 0.392. The van der Waals surface area contributed by atoms with E-state index in [0.717, 1.165) is 6.42 Å². The summed E-state index contributed by atoms with van der Waals surface area (Å²) in [5.41, 5.74) is 0. The topological polar surface area (TPSA) is 3.24 Å². The van der Waals surface area contributed by atoms with Gasteiger partial charge in [-0.25, -0.2) is 0 Å². The molecule has 0 spiro atoms. The normalized spacial score (nSPS) is 10.4. The van der Waals surface area contributed by atoms with Crippen molar-refractivity contribution < 1.29 is 0 Å². The molecule has 0 aliphatic heterocycles. The van der Waals surface area contributed by atoms with Crippen LogP contribution in [0.2, 0.25) is 0 Å². The van der Waals surface area contributed by atoms with Crippen LogP contribution in [0.3, 0.4) is 0 Å². The molecular formula is C13H29LiN. The Morgan fingerprint density at radius 1 is 0.800 bits per heavy atom. The van der Waals surface area contributed by atoms with Crippen LogP contribution >= 0.6 is 0 Å². The van der Waals surface area contributed by atoms with E-state index in [9.17, 15) is 0 Å². The zero-order chi connectivity index (χ0) is 10.6. The molecule has 87 valence electrons. The molecule has 0 aromatic rings. The fraction of sp³-hybridized carbons (Fsp3) is 0.923. The molecule has 15 heavy (non-hydrogen) atoms. The van der Waals surface area contributed by atoms with Gasteiger partial charge in [-0.2, -0.15) is 0 Å². The Bertz CT molecular complexity index is 96.7. The summed E-state index contributed by atoms with van der Waals surface area (Å²) in [6, 6.07) is 0. The van der Waals surface area contributed by atoms with Gasteiger partial charge >= 0.3 is 18.9 Å². The average molecular weight is 206 g/mol. The molecule has 0 amide bonds. The van der Waals surface area contributed by atoms with Crippen molar-refractivity contribution in [2.24, 2.45) is 0 Å². The van der Waals surface area contributed by atoms with Gasteiger partial charge in [0.25, 0.3) is 0 Å². The molecule has 0 bridgehead atoms. The van der Waals surface area contributed by atoms with Crippen LogP contribution in [0.25, 0.3) is 0 Å². The molecule has 0 fully saturated rings. The standard InChI is InChI=1S/C13H28N.Li.H/c1-4-7-9-12-14(11-6-3)13-10-8-5-2;;/h3-13H2,1-2H3;;. The predicted molar refractivity (Wildman–Crippen MR) is 72.6 cm³/mol. The van der Waals surface area contributed by atoms with Crippen LogP contribution in [0.15, 0.2) is 0 Å². The molecule has 0 N–H and O–H groups in total. The van der Waals surface area contributed by atoms with Crippen molar-refractivity contribution in [3.63, 3.8) is 0 Å². The molecule has 0 saturated heterocycles. The third kappa shape index (κ3) is 12.5. The first kappa shape index (κ1) is 17.9. The van der Waals surface area contributed by atoms with E-state index in [1.165, 1.54) is 58.2 Å². The van der Waals surface area contributed by atoms with Gasteiger partial charge in [-0.1, -0.05) is 46.5 Å². The minimum absolute atomic E-state index is 0. The molecule has 0 aliphatic rings. The van der Waals surface area contributed by atoms with Crippen molar-refractivity contribution in [3.05, 3.63) is 6.92 Å². The molecule has 0 rings (SSSR count). The van der Waals surface area contributed by atoms with Crippen LogP contribution in [0.5, 0.6) is 0 Å². The number of rotatable bonds is 10. The SMILES string of the molecule is [CH2]CCN(CCCCC)CCCCC.[LiH]. The van der Waals surface area contributed by atoms with Crippen LogP contribution in [0.1, 0.15) is 58.8 Å². The molecule has 0 aromatic carbocycles. The van der Waals surface area contributed by atoms with Crippen molar-refractivity contribution in [2.45, 2.75) is 58.8 Å². The molecule has 0 aliphatic carbocycles. The minimum atomic E-state index is 0. The summed E-state index contributed by atoms with van der Waals surface area (Å²) in [7, 11) is 0. The fourth-order valence-electron chi connectivity index (χ4n) is 1.73. The first-order valence-electron chi connectivity index (χ1n) is 6.36. The molecule has 0 aromatic heterocycles. The molecule has 2 heteroatoms. The first-order valence-corrected chi connectivity index (χ1v) is 6.36. The summed E-state index contributed by atoms with van der Waals surface area (Å²) in [5, 5.41) is 0. The third-order valence-corrected chi connectivity index (χ3v) is 2.63. The van der Waals surface area contributed by atoms with Crippen molar-refractivity contribution in [1.82, 2.24) is 4.90 Å². The average Bonchev–Trinajstić information content (AvgIpc) is 2.18. The molecule has 0 unspecified atom stereocenters. The zero-order valence-corrected chi connectivity index (χ0v) is 10.2. The Hall–Kier alpha value is 0.557. The van der Waals surface area contributed by atoms with Crippen molar-refractivity contribution in [2.75, 3.05) is 19.6 Å². The van der Waals surface area contributed by atoms with Gasteiger partial charge in [0.2, 0.25) is 0 Å². The summed E-state index contributed by atoms with van der Waals surface area (Å²) >= 11 is 0. The summed E-state index contributed by atoms with van der Waals surface area (Å²) in [5.74, 6) is 0. The first-order chi connectivity index (χ1) is 6.85. The molecule has 0 heterocycles. The van der Waals surface area contributed by atoms with E-state index in [0.29, 0.717) is 0 Å². The number of hydrogen-bond acceptors (Lipinski definition) is 1. The molecule has 0 saturated carbocycles. The third-order valence-electron chi connectivity index (χ3n) is 2.63. The van der Waals surface area contributed by atoms with Crippen molar-refractivity contribution in [3.8, 4) is 0 Å².